The molecule has 1 aliphatic rings. The van der Waals surface area contributed by atoms with E-state index < -0.39 is 0 Å². The van der Waals surface area contributed by atoms with Gasteiger partial charge in [-0.3, -0.25) is 4.90 Å². The maximum absolute atomic E-state index is 3.79. The molecule has 0 spiro atoms. The smallest absolute Gasteiger partial charge is 0.0243 e. The van der Waals surface area contributed by atoms with E-state index in [0.717, 1.165) is 18.5 Å². The highest BCUT2D eigenvalue weighted by Gasteiger charge is 2.30. The molecule has 20 heavy (non-hydrogen) atoms. The van der Waals surface area contributed by atoms with Crippen molar-refractivity contribution in [3.05, 3.63) is 0 Å². The van der Waals surface area contributed by atoms with Crippen molar-refractivity contribution in [3.63, 3.8) is 0 Å². The summed E-state index contributed by atoms with van der Waals surface area (Å²) in [6.07, 6.45) is 6.92. The Morgan fingerprint density at radius 2 is 1.70 bits per heavy atom. The van der Waals surface area contributed by atoms with Crippen LogP contribution in [-0.4, -0.2) is 36.6 Å². The first-order valence-corrected chi connectivity index (χ1v) is 8.82. The number of nitrogens with zero attached hydrogens (tertiary/aromatic N) is 1. The van der Waals surface area contributed by atoms with Gasteiger partial charge in [-0.2, -0.15) is 0 Å². The lowest BCUT2D eigenvalue weighted by Gasteiger charge is -2.39. The molecule has 1 unspecified atom stereocenters. The van der Waals surface area contributed by atoms with Crippen molar-refractivity contribution in [3.8, 4) is 0 Å². The van der Waals surface area contributed by atoms with E-state index in [1.54, 1.807) is 0 Å². The molecule has 0 heterocycles. The Balaban J connectivity index is 2.67. The van der Waals surface area contributed by atoms with Gasteiger partial charge in [-0.05, 0) is 37.1 Å². The molecule has 1 atom stereocenters. The molecule has 0 aliphatic heterocycles. The fourth-order valence-electron chi connectivity index (χ4n) is 3.31. The minimum Gasteiger partial charge on any atom is -0.312 e. The Morgan fingerprint density at radius 1 is 1.10 bits per heavy atom. The summed E-state index contributed by atoms with van der Waals surface area (Å²) in [4.78, 5) is 2.79. The highest BCUT2D eigenvalue weighted by atomic mass is 15.2. The Hall–Kier alpha value is -0.0800. The molecule has 0 aromatic heterocycles. The van der Waals surface area contributed by atoms with Crippen LogP contribution in [0.1, 0.15) is 73.6 Å². The van der Waals surface area contributed by atoms with Crippen molar-refractivity contribution in [1.29, 1.82) is 0 Å². The van der Waals surface area contributed by atoms with Crippen LogP contribution in [0.5, 0.6) is 0 Å². The van der Waals surface area contributed by atoms with E-state index in [2.05, 4.69) is 51.8 Å². The van der Waals surface area contributed by atoms with Gasteiger partial charge in [-0.15, -0.1) is 0 Å². The first-order valence-electron chi connectivity index (χ1n) is 8.82. The van der Waals surface area contributed by atoms with Crippen LogP contribution in [0, 0.1) is 11.3 Å². The van der Waals surface area contributed by atoms with Crippen molar-refractivity contribution in [2.24, 2.45) is 11.3 Å². The van der Waals surface area contributed by atoms with Gasteiger partial charge in [-0.25, -0.2) is 0 Å². The number of nitrogens with one attached hydrogen (secondary N) is 1. The fraction of sp³-hybridized carbons (Fsp3) is 1.00. The van der Waals surface area contributed by atoms with Crippen LogP contribution < -0.4 is 5.32 Å². The van der Waals surface area contributed by atoms with Gasteiger partial charge in [-0.1, -0.05) is 54.4 Å². The summed E-state index contributed by atoms with van der Waals surface area (Å²) < 4.78 is 0. The van der Waals surface area contributed by atoms with Crippen molar-refractivity contribution >= 4 is 0 Å². The Kier molecular flexibility index (Phi) is 7.53. The normalized spacial score (nSPS) is 19.2. The summed E-state index contributed by atoms with van der Waals surface area (Å²) in [6, 6.07) is 1.44. The van der Waals surface area contributed by atoms with E-state index in [1.807, 2.05) is 0 Å². The molecular weight excluding hydrogens is 244 g/mol. The van der Waals surface area contributed by atoms with Gasteiger partial charge >= 0.3 is 0 Å². The van der Waals surface area contributed by atoms with Crippen LogP contribution in [0.4, 0.5) is 0 Å². The SMILES string of the molecule is CCCNC(CN(CC(C)C)C1CCCC1)C(C)(C)C. The van der Waals surface area contributed by atoms with Crippen molar-refractivity contribution in [2.75, 3.05) is 19.6 Å². The number of rotatable bonds is 8. The van der Waals surface area contributed by atoms with E-state index in [0.29, 0.717) is 11.5 Å². The van der Waals surface area contributed by atoms with E-state index in [-0.39, 0.29) is 0 Å². The molecule has 0 aromatic carbocycles. The van der Waals surface area contributed by atoms with Crippen LogP contribution in [0.2, 0.25) is 0 Å². The summed E-state index contributed by atoms with van der Waals surface area (Å²) in [5, 5.41) is 3.79. The van der Waals surface area contributed by atoms with E-state index in [9.17, 15) is 0 Å². The van der Waals surface area contributed by atoms with E-state index in [4.69, 9.17) is 0 Å². The van der Waals surface area contributed by atoms with E-state index in [1.165, 1.54) is 45.2 Å². The average molecular weight is 283 g/mol. The molecule has 2 heteroatoms. The molecule has 1 fully saturated rings. The summed E-state index contributed by atoms with van der Waals surface area (Å²) in [5.74, 6) is 0.766. The molecule has 1 aliphatic carbocycles. The minimum absolute atomic E-state index is 0.336. The topological polar surface area (TPSA) is 15.3 Å². The van der Waals surface area contributed by atoms with Crippen LogP contribution >= 0.6 is 0 Å². The second-order valence-electron chi connectivity index (χ2n) is 8.16. The maximum Gasteiger partial charge on any atom is 0.0243 e. The molecule has 1 rings (SSSR count). The van der Waals surface area contributed by atoms with Gasteiger partial charge in [0.15, 0.2) is 0 Å². The van der Waals surface area contributed by atoms with Gasteiger partial charge in [0.2, 0.25) is 0 Å². The molecule has 0 saturated heterocycles. The van der Waals surface area contributed by atoms with Crippen LogP contribution in [-0.2, 0) is 0 Å². The summed E-state index contributed by atoms with van der Waals surface area (Å²) in [6.45, 7) is 17.7. The lowest BCUT2D eigenvalue weighted by Crippen LogP contribution is -2.51. The van der Waals surface area contributed by atoms with Crippen molar-refractivity contribution in [2.45, 2.75) is 85.7 Å². The molecule has 0 aromatic rings. The Bertz CT molecular complexity index is 249. The largest absolute Gasteiger partial charge is 0.312 e. The van der Waals surface area contributed by atoms with E-state index >= 15 is 0 Å². The fourth-order valence-corrected chi connectivity index (χ4v) is 3.31. The summed E-state index contributed by atoms with van der Waals surface area (Å²) in [5.41, 5.74) is 0.336. The molecule has 1 N–H and O–H groups in total. The van der Waals surface area contributed by atoms with Crippen molar-refractivity contribution in [1.82, 2.24) is 10.2 Å². The Morgan fingerprint density at radius 3 is 2.15 bits per heavy atom. The van der Waals surface area contributed by atoms with Gasteiger partial charge in [0.05, 0.1) is 0 Å². The zero-order chi connectivity index (χ0) is 15.2. The van der Waals surface area contributed by atoms with Crippen LogP contribution in [0.15, 0.2) is 0 Å². The number of hydrogen-bond donors (Lipinski definition) is 1. The third-order valence-electron chi connectivity index (χ3n) is 4.54. The predicted octanol–water partition coefficient (Wildman–Crippen LogP) is 4.30. The summed E-state index contributed by atoms with van der Waals surface area (Å²) >= 11 is 0. The van der Waals surface area contributed by atoms with Gasteiger partial charge < -0.3 is 5.32 Å². The third kappa shape index (κ3) is 6.13. The zero-order valence-corrected chi connectivity index (χ0v) is 14.8. The van der Waals surface area contributed by atoms with Crippen molar-refractivity contribution < 1.29 is 0 Å². The monoisotopic (exact) mass is 282 g/mol. The van der Waals surface area contributed by atoms with Gasteiger partial charge in [0, 0.05) is 25.2 Å². The molecule has 0 bridgehead atoms. The molecule has 120 valence electrons. The first-order chi connectivity index (χ1) is 9.34. The zero-order valence-electron chi connectivity index (χ0n) is 14.8. The van der Waals surface area contributed by atoms with Crippen LogP contribution in [0.25, 0.3) is 0 Å². The summed E-state index contributed by atoms with van der Waals surface area (Å²) in [7, 11) is 0. The molecule has 0 amide bonds. The minimum atomic E-state index is 0.336. The Labute approximate surface area is 127 Å². The van der Waals surface area contributed by atoms with Gasteiger partial charge in [0.25, 0.3) is 0 Å². The lowest BCUT2D eigenvalue weighted by molar-refractivity contribution is 0.122. The molecule has 1 saturated carbocycles. The lowest BCUT2D eigenvalue weighted by atomic mass is 9.85. The second-order valence-corrected chi connectivity index (χ2v) is 8.16. The average Bonchev–Trinajstić information content (AvgIpc) is 2.84. The highest BCUT2D eigenvalue weighted by molar-refractivity contribution is 4.87. The van der Waals surface area contributed by atoms with Gasteiger partial charge in [0.1, 0.15) is 0 Å². The first kappa shape index (κ1) is 18.0. The molecular formula is C18H38N2. The third-order valence-corrected chi connectivity index (χ3v) is 4.54. The van der Waals surface area contributed by atoms with Crippen LogP contribution in [0.3, 0.4) is 0 Å². The number of hydrogen-bond acceptors (Lipinski definition) is 2. The molecule has 2 nitrogen and oxygen atoms in total. The molecule has 0 radical (unpaired) electrons. The quantitative estimate of drug-likeness (QED) is 0.714. The maximum atomic E-state index is 3.79. The predicted molar refractivity (Wildman–Crippen MR) is 90.2 cm³/mol. The standard InChI is InChI=1S/C18H38N2/c1-7-12-19-17(18(4,5)6)14-20(13-15(2)3)16-10-8-9-11-16/h15-17,19H,7-14H2,1-6H3. The second kappa shape index (κ2) is 8.38. The highest BCUT2D eigenvalue weighted by Crippen LogP contribution is 2.27.